The van der Waals surface area contributed by atoms with Crippen molar-refractivity contribution in [2.45, 2.75) is 70.0 Å². The first-order valence-corrected chi connectivity index (χ1v) is 15.4. The Balaban J connectivity index is 1.16. The van der Waals surface area contributed by atoms with Crippen molar-refractivity contribution < 1.29 is 19.1 Å². The predicted octanol–water partition coefficient (Wildman–Crippen LogP) is 7.31. The highest BCUT2D eigenvalue weighted by Gasteiger charge is 2.55. The van der Waals surface area contributed by atoms with E-state index in [4.69, 9.17) is 9.47 Å². The van der Waals surface area contributed by atoms with E-state index in [-0.39, 0.29) is 13.2 Å². The first-order valence-electron chi connectivity index (χ1n) is 14.4. The maximum Gasteiger partial charge on any atom is 0.324 e. The van der Waals surface area contributed by atoms with Crippen molar-refractivity contribution in [3.63, 3.8) is 0 Å². The zero-order valence-electron chi connectivity index (χ0n) is 22.3. The van der Waals surface area contributed by atoms with Crippen molar-refractivity contribution in [1.29, 1.82) is 0 Å². The standard InChI is InChI=1S/C34H35O4P/c35-31(37-20-23-7-3-1-4-8-23)34(32(36)38-21-24-9-5-2-6-10-24)18-28-14-30(39-22-29(28)19-34)33-15-25-11-26(16-33)13-27(12-25)17-33/h1-10,14,22,25-27H,11-13,15-21H2. The Hall–Kier alpha value is -2.97. The fourth-order valence-electron chi connectivity index (χ4n) is 8.37. The molecule has 4 saturated carbocycles. The van der Waals surface area contributed by atoms with Gasteiger partial charge in [-0.15, -0.1) is 0 Å². The number of ether oxygens (including phenoxy) is 2. The monoisotopic (exact) mass is 538 g/mol. The molecule has 0 saturated heterocycles. The molecule has 0 spiro atoms. The van der Waals surface area contributed by atoms with E-state index >= 15 is 0 Å². The summed E-state index contributed by atoms with van der Waals surface area (Å²) >= 11 is 0. The molecule has 200 valence electrons. The second kappa shape index (κ2) is 9.89. The zero-order chi connectivity index (χ0) is 26.5. The molecule has 39 heavy (non-hydrogen) atoms. The molecule has 0 atom stereocenters. The fraction of sp³-hybridized carbons (Fsp3) is 0.441. The van der Waals surface area contributed by atoms with E-state index in [1.165, 1.54) is 52.0 Å². The van der Waals surface area contributed by atoms with Crippen LogP contribution in [0.5, 0.6) is 0 Å². The number of benzene rings is 2. The molecule has 3 aromatic rings. The molecule has 8 rings (SSSR count). The molecule has 0 unspecified atom stereocenters. The number of rotatable bonds is 7. The highest BCUT2D eigenvalue weighted by Crippen LogP contribution is 2.62. The third-order valence-corrected chi connectivity index (χ3v) is 11.2. The Morgan fingerprint density at radius 1 is 0.718 bits per heavy atom. The van der Waals surface area contributed by atoms with Crippen LogP contribution in [0.2, 0.25) is 0 Å². The van der Waals surface area contributed by atoms with E-state index < -0.39 is 17.4 Å². The lowest BCUT2D eigenvalue weighted by molar-refractivity contribution is -0.173. The van der Waals surface area contributed by atoms with E-state index in [9.17, 15) is 9.59 Å². The molecular weight excluding hydrogens is 503 g/mol. The molecule has 0 N–H and O–H groups in total. The van der Waals surface area contributed by atoms with Crippen LogP contribution < -0.4 is 0 Å². The lowest BCUT2D eigenvalue weighted by Crippen LogP contribution is -2.48. The third kappa shape index (κ3) is 4.61. The smallest absolute Gasteiger partial charge is 0.324 e. The van der Waals surface area contributed by atoms with Crippen molar-refractivity contribution in [1.82, 2.24) is 0 Å². The Morgan fingerprint density at radius 2 is 1.21 bits per heavy atom. The van der Waals surface area contributed by atoms with E-state index in [0.29, 0.717) is 18.3 Å². The minimum Gasteiger partial charge on any atom is -0.460 e. The Bertz CT molecular complexity index is 1290. The van der Waals surface area contributed by atoms with Crippen molar-refractivity contribution in [3.05, 3.63) is 100 Å². The average molecular weight is 539 g/mol. The van der Waals surface area contributed by atoms with Crippen molar-refractivity contribution in [2.24, 2.45) is 23.2 Å². The summed E-state index contributed by atoms with van der Waals surface area (Å²) in [7, 11) is 1.24. The quantitative estimate of drug-likeness (QED) is 0.234. The van der Waals surface area contributed by atoms with Gasteiger partial charge in [0.1, 0.15) is 13.2 Å². The van der Waals surface area contributed by atoms with Crippen LogP contribution in [0.25, 0.3) is 0 Å². The summed E-state index contributed by atoms with van der Waals surface area (Å²) in [6, 6.07) is 21.7. The molecule has 5 aliphatic carbocycles. The number of esters is 2. The zero-order valence-corrected chi connectivity index (χ0v) is 23.2. The van der Waals surface area contributed by atoms with Gasteiger partial charge in [0, 0.05) is 11.8 Å². The highest BCUT2D eigenvalue weighted by molar-refractivity contribution is 7.30. The summed E-state index contributed by atoms with van der Waals surface area (Å²) < 4.78 is 11.6. The second-order valence-corrected chi connectivity index (χ2v) is 13.6. The van der Waals surface area contributed by atoms with Crippen molar-refractivity contribution in [3.8, 4) is 0 Å². The van der Waals surface area contributed by atoms with Crippen LogP contribution in [-0.2, 0) is 50.5 Å². The number of fused-ring (bicyclic) bond motifs is 1. The van der Waals surface area contributed by atoms with Crippen LogP contribution in [0.15, 0.2) is 72.5 Å². The largest absolute Gasteiger partial charge is 0.460 e. The summed E-state index contributed by atoms with van der Waals surface area (Å²) in [6.45, 7) is 0.294. The molecule has 4 fully saturated rings. The van der Waals surface area contributed by atoms with Crippen LogP contribution in [0.1, 0.15) is 66.1 Å². The number of carbonyl (C=O) groups is 2. The minimum atomic E-state index is -1.34. The second-order valence-electron chi connectivity index (χ2n) is 12.6. The van der Waals surface area contributed by atoms with E-state index in [0.717, 1.165) is 40.0 Å². The van der Waals surface area contributed by atoms with Gasteiger partial charge in [-0.1, -0.05) is 74.9 Å². The number of carbonyl (C=O) groups excluding carboxylic acids is 2. The summed E-state index contributed by atoms with van der Waals surface area (Å²) in [5, 5.41) is 1.52. The van der Waals surface area contributed by atoms with E-state index in [2.05, 4.69) is 11.9 Å². The molecule has 1 aromatic heterocycles. The Kier molecular flexibility index (Phi) is 6.35. The van der Waals surface area contributed by atoms with E-state index in [1.807, 2.05) is 60.7 Å². The van der Waals surface area contributed by atoms with E-state index in [1.54, 1.807) is 0 Å². The summed E-state index contributed by atoms with van der Waals surface area (Å²) in [5.74, 6) is 3.96. The average Bonchev–Trinajstić information content (AvgIpc) is 3.35. The maximum atomic E-state index is 13.8. The molecule has 4 nitrogen and oxygen atoms in total. The molecule has 2 aromatic carbocycles. The Morgan fingerprint density at radius 3 is 1.72 bits per heavy atom. The lowest BCUT2D eigenvalue weighted by Gasteiger charge is -2.57. The molecule has 5 heteroatoms. The van der Waals surface area contributed by atoms with Crippen LogP contribution in [-0.4, -0.2) is 11.9 Å². The van der Waals surface area contributed by atoms with Gasteiger partial charge in [0.25, 0.3) is 0 Å². The molecule has 0 aliphatic heterocycles. The molecule has 4 bridgehead atoms. The third-order valence-electron chi connectivity index (χ3n) is 9.86. The van der Waals surface area contributed by atoms with Crippen LogP contribution >= 0.6 is 8.19 Å². The lowest BCUT2D eigenvalue weighted by atomic mass is 9.49. The summed E-state index contributed by atoms with van der Waals surface area (Å²) in [5.41, 5.74) is 3.03. The van der Waals surface area contributed by atoms with Crippen LogP contribution in [0.4, 0.5) is 0 Å². The van der Waals surface area contributed by atoms with Crippen molar-refractivity contribution in [2.75, 3.05) is 0 Å². The Labute approximate surface area is 232 Å². The number of hydrogen-bond donors (Lipinski definition) is 0. The molecule has 0 radical (unpaired) electrons. The minimum absolute atomic E-state index is 0.147. The maximum absolute atomic E-state index is 13.8. The van der Waals surface area contributed by atoms with Gasteiger partial charge in [-0.2, -0.15) is 0 Å². The van der Waals surface area contributed by atoms with Gasteiger partial charge < -0.3 is 9.47 Å². The number of hydrogen-bond acceptors (Lipinski definition) is 4. The topological polar surface area (TPSA) is 52.6 Å². The summed E-state index contributed by atoms with van der Waals surface area (Å²) in [6.07, 6.45) is 8.92. The SMILES string of the molecule is O=C(OCc1ccccc1)C1(C(=O)OCc2ccccc2)Cc2cpc(C34CC5CC(CC(C5)C3)C4)cc2C1. The van der Waals surface area contributed by atoms with Gasteiger partial charge in [0.15, 0.2) is 5.41 Å². The fourth-order valence-corrected chi connectivity index (χ4v) is 9.70. The van der Waals surface area contributed by atoms with Crippen LogP contribution in [0, 0.1) is 23.2 Å². The first kappa shape index (κ1) is 25.0. The van der Waals surface area contributed by atoms with Crippen molar-refractivity contribution >= 4 is 20.1 Å². The van der Waals surface area contributed by atoms with Gasteiger partial charge in [-0.05, 0) is 96.0 Å². The van der Waals surface area contributed by atoms with Gasteiger partial charge in [-0.25, -0.2) is 0 Å². The van der Waals surface area contributed by atoms with Crippen LogP contribution in [0.3, 0.4) is 0 Å². The predicted molar refractivity (Wildman–Crippen MR) is 151 cm³/mol. The van der Waals surface area contributed by atoms with Gasteiger partial charge in [-0.3, -0.25) is 9.59 Å². The molecule has 5 aliphatic rings. The van der Waals surface area contributed by atoms with Gasteiger partial charge >= 0.3 is 11.9 Å². The summed E-state index contributed by atoms with van der Waals surface area (Å²) in [4.78, 5) is 27.5. The molecule has 1 heterocycles. The normalized spacial score (nSPS) is 27.8. The first-order chi connectivity index (χ1) is 19.0. The molecule has 0 amide bonds. The molecular formula is C34H35O4P. The highest BCUT2D eigenvalue weighted by atomic mass is 31.0. The van der Waals surface area contributed by atoms with Gasteiger partial charge in [0.2, 0.25) is 0 Å². The van der Waals surface area contributed by atoms with Gasteiger partial charge in [0.05, 0.1) is 0 Å².